The average Bonchev–Trinajstić information content (AvgIpc) is 2.68. The second-order valence-corrected chi connectivity index (χ2v) is 3.68. The summed E-state index contributed by atoms with van der Waals surface area (Å²) < 4.78 is 13.8. The van der Waals surface area contributed by atoms with Crippen molar-refractivity contribution in [3.05, 3.63) is 41.7 Å². The highest BCUT2D eigenvalue weighted by molar-refractivity contribution is 5.76. The maximum absolute atomic E-state index is 13.8. The zero-order chi connectivity index (χ0) is 11.5. The summed E-state index contributed by atoms with van der Waals surface area (Å²) in [5, 5.41) is 2.68. The molecule has 3 nitrogen and oxygen atoms in total. The van der Waals surface area contributed by atoms with E-state index in [0.717, 1.165) is 0 Å². The smallest absolute Gasteiger partial charge is 0.317 e. The van der Waals surface area contributed by atoms with Gasteiger partial charge in [-0.15, -0.1) is 0 Å². The first-order chi connectivity index (χ1) is 7.72. The predicted molar refractivity (Wildman–Crippen MR) is 60.3 cm³/mol. The molecule has 1 heterocycles. The molecule has 2 amide bonds. The van der Waals surface area contributed by atoms with Gasteiger partial charge in [0.05, 0.1) is 6.54 Å². The highest BCUT2D eigenvalue weighted by atomic mass is 19.1. The van der Waals surface area contributed by atoms with Crippen molar-refractivity contribution in [1.29, 1.82) is 0 Å². The lowest BCUT2D eigenvalue weighted by atomic mass is 10.1. The number of carbonyl (C=O) groups excluding carboxylic acids is 1. The summed E-state index contributed by atoms with van der Waals surface area (Å²) in [6.45, 7) is 5.10. The molecule has 0 saturated carbocycles. The lowest BCUT2D eigenvalue weighted by Gasteiger charge is -2.15. The van der Waals surface area contributed by atoms with E-state index in [0.29, 0.717) is 30.8 Å². The highest BCUT2D eigenvalue weighted by Crippen LogP contribution is 2.16. The van der Waals surface area contributed by atoms with Gasteiger partial charge in [-0.1, -0.05) is 30.9 Å². The molecule has 1 fully saturated rings. The van der Waals surface area contributed by atoms with Crippen molar-refractivity contribution < 1.29 is 9.18 Å². The number of carbonyl (C=O) groups is 1. The molecule has 0 atom stereocenters. The molecule has 16 heavy (non-hydrogen) atoms. The van der Waals surface area contributed by atoms with Gasteiger partial charge in [-0.25, -0.2) is 9.18 Å². The molecule has 1 aliphatic heterocycles. The summed E-state index contributed by atoms with van der Waals surface area (Å²) in [4.78, 5) is 12.9. The van der Waals surface area contributed by atoms with Gasteiger partial charge >= 0.3 is 6.03 Å². The number of benzene rings is 1. The van der Waals surface area contributed by atoms with Crippen LogP contribution in [0.1, 0.15) is 11.1 Å². The van der Waals surface area contributed by atoms with Crippen LogP contribution < -0.4 is 5.32 Å². The topological polar surface area (TPSA) is 32.3 Å². The Morgan fingerprint density at radius 3 is 3.00 bits per heavy atom. The first kappa shape index (κ1) is 10.7. The van der Waals surface area contributed by atoms with Crippen LogP contribution in [-0.2, 0) is 6.54 Å². The first-order valence-corrected chi connectivity index (χ1v) is 5.15. The third-order valence-corrected chi connectivity index (χ3v) is 2.63. The van der Waals surface area contributed by atoms with E-state index in [1.165, 1.54) is 6.08 Å². The van der Waals surface area contributed by atoms with Crippen LogP contribution in [0.25, 0.3) is 6.08 Å². The van der Waals surface area contributed by atoms with Crippen molar-refractivity contribution in [2.75, 3.05) is 13.1 Å². The van der Waals surface area contributed by atoms with Gasteiger partial charge in [0.15, 0.2) is 0 Å². The summed E-state index contributed by atoms with van der Waals surface area (Å²) in [5.41, 5.74) is 0.992. The van der Waals surface area contributed by atoms with Crippen LogP contribution in [0.4, 0.5) is 9.18 Å². The van der Waals surface area contributed by atoms with Gasteiger partial charge in [0.1, 0.15) is 5.82 Å². The minimum absolute atomic E-state index is 0.136. The normalized spacial score (nSPS) is 15.1. The van der Waals surface area contributed by atoms with Gasteiger partial charge in [0.2, 0.25) is 0 Å². The lowest BCUT2D eigenvalue weighted by molar-refractivity contribution is 0.215. The number of hydrogen-bond acceptors (Lipinski definition) is 1. The molecule has 1 aromatic carbocycles. The molecule has 0 radical (unpaired) electrons. The van der Waals surface area contributed by atoms with Crippen molar-refractivity contribution in [3.8, 4) is 0 Å². The zero-order valence-corrected chi connectivity index (χ0v) is 8.87. The van der Waals surface area contributed by atoms with Gasteiger partial charge in [-0.05, 0) is 0 Å². The first-order valence-electron chi connectivity index (χ1n) is 5.15. The summed E-state index contributed by atoms with van der Waals surface area (Å²) in [6.07, 6.45) is 1.48. The van der Waals surface area contributed by atoms with Crippen molar-refractivity contribution in [1.82, 2.24) is 10.2 Å². The number of amides is 2. The number of rotatable bonds is 3. The van der Waals surface area contributed by atoms with Gasteiger partial charge in [-0.2, -0.15) is 0 Å². The molecular formula is C12H13FN2O. The molecule has 0 aliphatic carbocycles. The van der Waals surface area contributed by atoms with Crippen molar-refractivity contribution in [2.24, 2.45) is 0 Å². The van der Waals surface area contributed by atoms with Gasteiger partial charge in [0, 0.05) is 24.2 Å². The van der Waals surface area contributed by atoms with E-state index >= 15 is 0 Å². The van der Waals surface area contributed by atoms with Crippen LogP contribution in [0.2, 0.25) is 0 Å². The molecule has 1 aromatic rings. The Bertz CT molecular complexity index is 431. The lowest BCUT2D eigenvalue weighted by Crippen LogP contribution is -2.27. The quantitative estimate of drug-likeness (QED) is 0.830. The Balaban J connectivity index is 2.21. The second-order valence-electron chi connectivity index (χ2n) is 3.68. The fraction of sp³-hybridized carbons (Fsp3) is 0.250. The number of nitrogens with zero attached hydrogens (tertiary/aromatic N) is 1. The van der Waals surface area contributed by atoms with Crippen LogP contribution in [0.15, 0.2) is 24.8 Å². The maximum atomic E-state index is 13.8. The summed E-state index contributed by atoms with van der Waals surface area (Å²) in [5.74, 6) is -0.294. The maximum Gasteiger partial charge on any atom is 0.317 e. The summed E-state index contributed by atoms with van der Waals surface area (Å²) in [7, 11) is 0. The predicted octanol–water partition coefficient (Wildman–Crippen LogP) is 1.99. The molecule has 1 N–H and O–H groups in total. The Kier molecular flexibility index (Phi) is 2.90. The fourth-order valence-corrected chi connectivity index (χ4v) is 1.75. The molecule has 1 saturated heterocycles. The summed E-state index contributed by atoms with van der Waals surface area (Å²) >= 11 is 0. The third-order valence-electron chi connectivity index (χ3n) is 2.63. The highest BCUT2D eigenvalue weighted by Gasteiger charge is 2.20. The zero-order valence-electron chi connectivity index (χ0n) is 8.87. The standard InChI is InChI=1S/C12H13FN2O/c1-2-9-4-3-5-10(11(9)13)8-15-7-6-14-12(15)16/h2-5H,1,6-8H2,(H,14,16). The molecule has 84 valence electrons. The number of halogens is 1. The number of hydrogen-bond donors (Lipinski definition) is 1. The summed E-state index contributed by atoms with van der Waals surface area (Å²) in [6, 6.07) is 4.98. The Morgan fingerprint density at radius 2 is 2.38 bits per heavy atom. The van der Waals surface area contributed by atoms with Crippen LogP contribution in [-0.4, -0.2) is 24.0 Å². The van der Waals surface area contributed by atoms with Crippen molar-refractivity contribution in [3.63, 3.8) is 0 Å². The largest absolute Gasteiger partial charge is 0.336 e. The van der Waals surface area contributed by atoms with E-state index in [4.69, 9.17) is 0 Å². The Hall–Kier alpha value is -1.84. The molecule has 1 aliphatic rings. The van der Waals surface area contributed by atoms with E-state index in [-0.39, 0.29) is 11.8 Å². The fourth-order valence-electron chi connectivity index (χ4n) is 1.75. The van der Waals surface area contributed by atoms with Gasteiger partial charge in [0.25, 0.3) is 0 Å². The van der Waals surface area contributed by atoms with E-state index in [1.54, 1.807) is 23.1 Å². The van der Waals surface area contributed by atoms with Crippen LogP contribution in [0.3, 0.4) is 0 Å². The van der Waals surface area contributed by atoms with Gasteiger partial charge < -0.3 is 10.2 Å². The average molecular weight is 220 g/mol. The number of urea groups is 1. The SMILES string of the molecule is C=Cc1cccc(CN2CCNC2=O)c1F. The molecular weight excluding hydrogens is 207 g/mol. The molecule has 0 spiro atoms. The van der Waals surface area contributed by atoms with Gasteiger partial charge in [-0.3, -0.25) is 0 Å². The van der Waals surface area contributed by atoms with Crippen LogP contribution in [0.5, 0.6) is 0 Å². The van der Waals surface area contributed by atoms with E-state index < -0.39 is 0 Å². The van der Waals surface area contributed by atoms with Crippen molar-refractivity contribution in [2.45, 2.75) is 6.54 Å². The Labute approximate surface area is 93.6 Å². The van der Waals surface area contributed by atoms with Crippen molar-refractivity contribution >= 4 is 12.1 Å². The Morgan fingerprint density at radius 1 is 1.56 bits per heavy atom. The minimum atomic E-state index is -0.294. The minimum Gasteiger partial charge on any atom is -0.336 e. The molecule has 0 unspecified atom stereocenters. The molecule has 4 heteroatoms. The molecule has 0 aromatic heterocycles. The second kappa shape index (κ2) is 4.35. The van der Waals surface area contributed by atoms with Crippen LogP contribution in [0, 0.1) is 5.82 Å². The third kappa shape index (κ3) is 1.91. The molecule has 2 rings (SSSR count). The van der Waals surface area contributed by atoms with E-state index in [9.17, 15) is 9.18 Å². The van der Waals surface area contributed by atoms with E-state index in [2.05, 4.69) is 11.9 Å². The number of nitrogens with one attached hydrogen (secondary N) is 1. The monoisotopic (exact) mass is 220 g/mol. The van der Waals surface area contributed by atoms with E-state index in [1.807, 2.05) is 0 Å². The molecule has 0 bridgehead atoms. The van der Waals surface area contributed by atoms with Crippen LogP contribution >= 0.6 is 0 Å².